The summed E-state index contributed by atoms with van der Waals surface area (Å²) in [5.74, 6) is -0.306. The van der Waals surface area contributed by atoms with Crippen molar-refractivity contribution < 1.29 is 14.3 Å². The van der Waals surface area contributed by atoms with E-state index >= 15 is 0 Å². The second-order valence-electron chi connectivity index (χ2n) is 6.07. The maximum Gasteiger partial charge on any atom is 0.338 e. The number of anilines is 1. The van der Waals surface area contributed by atoms with Gasteiger partial charge >= 0.3 is 5.97 Å². The second-order valence-corrected chi connectivity index (χ2v) is 6.07. The maximum atomic E-state index is 11.9. The summed E-state index contributed by atoms with van der Waals surface area (Å²) in [4.78, 5) is 23.5. The van der Waals surface area contributed by atoms with E-state index in [1.807, 2.05) is 0 Å². The van der Waals surface area contributed by atoms with E-state index in [9.17, 15) is 9.59 Å². The van der Waals surface area contributed by atoms with Crippen LogP contribution < -0.4 is 5.32 Å². The van der Waals surface area contributed by atoms with Crippen LogP contribution in [0.2, 0.25) is 0 Å². The molecule has 0 aliphatic rings. The van der Waals surface area contributed by atoms with Gasteiger partial charge in [-0.15, -0.1) is 0 Å². The average molecular weight is 333 g/mol. The van der Waals surface area contributed by atoms with Crippen LogP contribution in [-0.4, -0.2) is 18.5 Å². The molecule has 0 aliphatic carbocycles. The number of amides is 1. The van der Waals surface area contributed by atoms with Crippen molar-refractivity contribution >= 4 is 17.6 Å². The predicted octanol–water partition coefficient (Wildman–Crippen LogP) is 5.33. The van der Waals surface area contributed by atoms with Gasteiger partial charge in [-0.25, -0.2) is 4.79 Å². The number of hydrogen-bond acceptors (Lipinski definition) is 3. The van der Waals surface area contributed by atoms with Crippen LogP contribution in [-0.2, 0) is 9.53 Å². The number of carbonyl (C=O) groups is 2. The summed E-state index contributed by atoms with van der Waals surface area (Å²) < 4.78 is 4.93. The molecule has 0 radical (unpaired) electrons. The topological polar surface area (TPSA) is 55.4 Å². The second kappa shape index (κ2) is 12.6. The highest BCUT2D eigenvalue weighted by Gasteiger charge is 2.07. The molecule has 4 heteroatoms. The Morgan fingerprint density at radius 2 is 1.46 bits per heavy atom. The SMILES string of the molecule is CCCCCCCCCCC(=O)Nc1ccc(C(=O)OCC)cc1. The van der Waals surface area contributed by atoms with Crippen molar-refractivity contribution in [1.82, 2.24) is 0 Å². The minimum Gasteiger partial charge on any atom is -0.462 e. The molecule has 0 aromatic heterocycles. The van der Waals surface area contributed by atoms with Crippen LogP contribution in [0.15, 0.2) is 24.3 Å². The summed E-state index contributed by atoms with van der Waals surface area (Å²) in [5, 5.41) is 2.87. The Morgan fingerprint density at radius 3 is 2.04 bits per heavy atom. The standard InChI is InChI=1S/C20H31NO3/c1-3-5-6-7-8-9-10-11-12-19(22)21-18-15-13-17(14-16-18)20(23)24-4-2/h13-16H,3-12H2,1-2H3,(H,21,22). The highest BCUT2D eigenvalue weighted by Crippen LogP contribution is 2.13. The number of hydrogen-bond donors (Lipinski definition) is 1. The predicted molar refractivity (Wildman–Crippen MR) is 98.3 cm³/mol. The summed E-state index contributed by atoms with van der Waals surface area (Å²) in [6.45, 7) is 4.36. The van der Waals surface area contributed by atoms with Crippen molar-refractivity contribution in [2.45, 2.75) is 71.6 Å². The molecule has 134 valence electrons. The Bertz CT molecular complexity index is 482. The monoisotopic (exact) mass is 333 g/mol. The molecule has 1 aromatic carbocycles. The van der Waals surface area contributed by atoms with Gasteiger partial charge in [-0.05, 0) is 37.6 Å². The van der Waals surface area contributed by atoms with E-state index in [0.717, 1.165) is 12.8 Å². The Morgan fingerprint density at radius 1 is 0.875 bits per heavy atom. The molecule has 1 rings (SSSR count). The van der Waals surface area contributed by atoms with Crippen LogP contribution >= 0.6 is 0 Å². The normalized spacial score (nSPS) is 10.4. The third-order valence-electron chi connectivity index (χ3n) is 3.94. The summed E-state index contributed by atoms with van der Waals surface area (Å²) in [6, 6.07) is 6.81. The van der Waals surface area contributed by atoms with E-state index in [0.29, 0.717) is 24.3 Å². The Hall–Kier alpha value is -1.84. The van der Waals surface area contributed by atoms with Gasteiger partial charge in [0.05, 0.1) is 12.2 Å². The smallest absolute Gasteiger partial charge is 0.338 e. The Labute approximate surface area is 146 Å². The molecule has 0 bridgehead atoms. The van der Waals surface area contributed by atoms with Crippen LogP contribution in [0.1, 0.15) is 82.0 Å². The third kappa shape index (κ3) is 8.70. The van der Waals surface area contributed by atoms with E-state index in [4.69, 9.17) is 4.74 Å². The minimum absolute atomic E-state index is 0.0323. The molecule has 0 fully saturated rings. The highest BCUT2D eigenvalue weighted by molar-refractivity contribution is 5.93. The summed E-state index contributed by atoms with van der Waals surface area (Å²) in [6.07, 6.45) is 10.3. The first kappa shape index (κ1) is 20.2. The lowest BCUT2D eigenvalue weighted by molar-refractivity contribution is -0.116. The summed E-state index contributed by atoms with van der Waals surface area (Å²) in [5.41, 5.74) is 1.21. The van der Waals surface area contributed by atoms with E-state index in [2.05, 4.69) is 12.2 Å². The summed E-state index contributed by atoms with van der Waals surface area (Å²) in [7, 11) is 0. The average Bonchev–Trinajstić information content (AvgIpc) is 2.58. The van der Waals surface area contributed by atoms with E-state index in [-0.39, 0.29) is 11.9 Å². The summed E-state index contributed by atoms with van der Waals surface area (Å²) >= 11 is 0. The number of benzene rings is 1. The van der Waals surface area contributed by atoms with Crippen LogP contribution in [0.4, 0.5) is 5.69 Å². The van der Waals surface area contributed by atoms with Gasteiger partial charge in [0.2, 0.25) is 5.91 Å². The van der Waals surface area contributed by atoms with Gasteiger partial charge in [-0.3, -0.25) is 4.79 Å². The highest BCUT2D eigenvalue weighted by atomic mass is 16.5. The first-order chi connectivity index (χ1) is 11.7. The van der Waals surface area contributed by atoms with Crippen LogP contribution in [0.5, 0.6) is 0 Å². The van der Waals surface area contributed by atoms with E-state index in [1.54, 1.807) is 31.2 Å². The van der Waals surface area contributed by atoms with Gasteiger partial charge in [0.1, 0.15) is 0 Å². The molecule has 0 saturated carbocycles. The molecule has 0 unspecified atom stereocenters. The van der Waals surface area contributed by atoms with Crippen molar-refractivity contribution in [3.05, 3.63) is 29.8 Å². The molecule has 1 N–H and O–H groups in total. The lowest BCUT2D eigenvalue weighted by atomic mass is 10.1. The zero-order chi connectivity index (χ0) is 17.6. The van der Waals surface area contributed by atoms with Gasteiger partial charge < -0.3 is 10.1 Å². The zero-order valence-corrected chi connectivity index (χ0v) is 15.1. The molecule has 4 nitrogen and oxygen atoms in total. The number of unbranched alkanes of at least 4 members (excludes halogenated alkanes) is 7. The molecule has 0 atom stereocenters. The molecule has 24 heavy (non-hydrogen) atoms. The first-order valence-electron chi connectivity index (χ1n) is 9.24. The zero-order valence-electron chi connectivity index (χ0n) is 15.1. The van der Waals surface area contributed by atoms with Crippen LogP contribution in [0, 0.1) is 0 Å². The lowest BCUT2D eigenvalue weighted by Crippen LogP contribution is -2.11. The van der Waals surface area contributed by atoms with Crippen LogP contribution in [0.25, 0.3) is 0 Å². The molecule has 0 heterocycles. The first-order valence-corrected chi connectivity index (χ1v) is 9.24. The number of carbonyl (C=O) groups excluding carboxylic acids is 2. The molecule has 1 amide bonds. The largest absolute Gasteiger partial charge is 0.462 e. The fourth-order valence-corrected chi connectivity index (χ4v) is 2.55. The van der Waals surface area contributed by atoms with Gasteiger partial charge in [-0.2, -0.15) is 0 Å². The van der Waals surface area contributed by atoms with Crippen molar-refractivity contribution in [2.75, 3.05) is 11.9 Å². The lowest BCUT2D eigenvalue weighted by Gasteiger charge is -2.07. The molecule has 0 aliphatic heterocycles. The van der Waals surface area contributed by atoms with Gasteiger partial charge in [0, 0.05) is 12.1 Å². The molecular weight excluding hydrogens is 302 g/mol. The third-order valence-corrected chi connectivity index (χ3v) is 3.94. The Kier molecular flexibility index (Phi) is 10.6. The van der Waals surface area contributed by atoms with Crippen molar-refractivity contribution in [2.24, 2.45) is 0 Å². The minimum atomic E-state index is -0.339. The van der Waals surface area contributed by atoms with Crippen molar-refractivity contribution in [3.63, 3.8) is 0 Å². The fraction of sp³-hybridized carbons (Fsp3) is 0.600. The molecular formula is C20H31NO3. The van der Waals surface area contributed by atoms with Crippen molar-refractivity contribution in [1.29, 1.82) is 0 Å². The van der Waals surface area contributed by atoms with Gasteiger partial charge in [0.15, 0.2) is 0 Å². The Balaban J connectivity index is 2.17. The molecule has 0 saturated heterocycles. The van der Waals surface area contributed by atoms with E-state index < -0.39 is 0 Å². The number of ether oxygens (including phenoxy) is 1. The number of nitrogens with one attached hydrogen (secondary N) is 1. The fourth-order valence-electron chi connectivity index (χ4n) is 2.55. The quantitative estimate of drug-likeness (QED) is 0.415. The molecule has 0 spiro atoms. The maximum absolute atomic E-state index is 11.9. The van der Waals surface area contributed by atoms with Crippen LogP contribution in [0.3, 0.4) is 0 Å². The number of esters is 1. The van der Waals surface area contributed by atoms with Gasteiger partial charge in [0.25, 0.3) is 0 Å². The molecule has 1 aromatic rings. The van der Waals surface area contributed by atoms with Gasteiger partial charge in [-0.1, -0.05) is 51.9 Å². The van der Waals surface area contributed by atoms with Crippen molar-refractivity contribution in [3.8, 4) is 0 Å². The number of rotatable bonds is 12. The van der Waals surface area contributed by atoms with E-state index in [1.165, 1.54) is 38.5 Å².